The first-order valence-corrected chi connectivity index (χ1v) is 8.94. The van der Waals surface area contributed by atoms with Gasteiger partial charge in [0.1, 0.15) is 35.8 Å². The van der Waals surface area contributed by atoms with Gasteiger partial charge in [0.25, 0.3) is 0 Å². The molecule has 1 unspecified atom stereocenters. The molecule has 1 aromatic carbocycles. The maximum atomic E-state index is 12.6. The van der Waals surface area contributed by atoms with Crippen molar-refractivity contribution in [1.82, 2.24) is 14.8 Å². The Bertz CT molecular complexity index is 1020. The first kappa shape index (κ1) is 19.9. The quantitative estimate of drug-likeness (QED) is 0.736. The Morgan fingerprint density at radius 1 is 1.45 bits per heavy atom. The van der Waals surface area contributed by atoms with E-state index in [-0.39, 0.29) is 23.6 Å². The molecule has 2 heterocycles. The van der Waals surface area contributed by atoms with Crippen LogP contribution < -0.4 is 10.5 Å². The zero-order valence-corrected chi connectivity index (χ0v) is 16.4. The molecule has 0 amide bonds. The van der Waals surface area contributed by atoms with Gasteiger partial charge in [-0.1, -0.05) is 6.07 Å². The maximum Gasteiger partial charge on any atom is 0.338 e. The van der Waals surface area contributed by atoms with Crippen molar-refractivity contribution in [2.75, 3.05) is 13.7 Å². The van der Waals surface area contributed by atoms with Crippen LogP contribution >= 0.6 is 0 Å². The Morgan fingerprint density at radius 3 is 2.86 bits per heavy atom. The van der Waals surface area contributed by atoms with Crippen LogP contribution in [0.4, 0.5) is 0 Å². The van der Waals surface area contributed by atoms with Crippen LogP contribution in [0.25, 0.3) is 0 Å². The third kappa shape index (κ3) is 3.91. The molecule has 9 heteroatoms. The van der Waals surface area contributed by atoms with E-state index in [1.54, 1.807) is 44.1 Å². The van der Waals surface area contributed by atoms with E-state index in [0.717, 1.165) is 5.56 Å². The van der Waals surface area contributed by atoms with Crippen LogP contribution in [0.15, 0.2) is 53.6 Å². The second-order valence-corrected chi connectivity index (χ2v) is 6.28. The summed E-state index contributed by atoms with van der Waals surface area (Å²) in [5.41, 5.74) is 7.83. The molecule has 1 atom stereocenters. The number of hydrogen-bond donors (Lipinski definition) is 1. The lowest BCUT2D eigenvalue weighted by molar-refractivity contribution is -0.139. The van der Waals surface area contributed by atoms with Gasteiger partial charge in [-0.15, -0.1) is 0 Å². The number of allylic oxidation sites excluding steroid dienone is 2. The molecule has 0 spiro atoms. The summed E-state index contributed by atoms with van der Waals surface area (Å²) in [5, 5.41) is 13.8. The average molecular weight is 395 g/mol. The highest BCUT2D eigenvalue weighted by Gasteiger charge is 2.36. The molecule has 1 aliphatic heterocycles. The fourth-order valence-electron chi connectivity index (χ4n) is 3.28. The summed E-state index contributed by atoms with van der Waals surface area (Å²) in [7, 11) is 1.57. The minimum absolute atomic E-state index is 0.0308. The summed E-state index contributed by atoms with van der Waals surface area (Å²) in [6.07, 6.45) is 3.03. The van der Waals surface area contributed by atoms with Crippen molar-refractivity contribution >= 4 is 5.97 Å². The highest BCUT2D eigenvalue weighted by Crippen LogP contribution is 2.40. The van der Waals surface area contributed by atoms with E-state index in [1.165, 1.54) is 6.33 Å². The number of benzene rings is 1. The number of nitrogens with two attached hydrogens (primary N) is 1. The second-order valence-electron chi connectivity index (χ2n) is 6.28. The summed E-state index contributed by atoms with van der Waals surface area (Å²) in [6, 6.07) is 7.49. The molecule has 9 nitrogen and oxygen atoms in total. The normalized spacial score (nSPS) is 16.3. The van der Waals surface area contributed by atoms with Gasteiger partial charge < -0.3 is 19.9 Å². The minimum atomic E-state index is -0.715. The molecule has 29 heavy (non-hydrogen) atoms. The van der Waals surface area contributed by atoms with Gasteiger partial charge in [0.05, 0.1) is 31.8 Å². The molecule has 0 bridgehead atoms. The predicted octanol–water partition coefficient (Wildman–Crippen LogP) is 1.98. The van der Waals surface area contributed by atoms with Crippen molar-refractivity contribution in [2.24, 2.45) is 5.73 Å². The summed E-state index contributed by atoms with van der Waals surface area (Å²) in [5.74, 6) is -0.350. The van der Waals surface area contributed by atoms with E-state index in [0.29, 0.717) is 23.6 Å². The fourth-order valence-corrected chi connectivity index (χ4v) is 3.28. The third-order valence-corrected chi connectivity index (χ3v) is 4.54. The molecule has 150 valence electrons. The average Bonchev–Trinajstić information content (AvgIpc) is 3.20. The lowest BCUT2D eigenvalue weighted by Crippen LogP contribution is -2.25. The Morgan fingerprint density at radius 2 is 2.24 bits per heavy atom. The van der Waals surface area contributed by atoms with E-state index >= 15 is 0 Å². The molecule has 0 fully saturated rings. The lowest BCUT2D eigenvalue weighted by atomic mass is 9.82. The van der Waals surface area contributed by atoms with Crippen LogP contribution in [0.2, 0.25) is 0 Å². The molecule has 1 aliphatic rings. The monoisotopic (exact) mass is 395 g/mol. The smallest absolute Gasteiger partial charge is 0.338 e. The summed E-state index contributed by atoms with van der Waals surface area (Å²) < 4.78 is 17.7. The SMILES string of the molecule is CCOC(=O)C1=C(C)OC(N)=C(C#N)C1c1ccc(OC)c(Cn2cncn2)c1. The topological polar surface area (TPSA) is 125 Å². The number of carbonyl (C=O) groups excluding carboxylic acids is 1. The lowest BCUT2D eigenvalue weighted by Gasteiger charge is -2.27. The van der Waals surface area contributed by atoms with Crippen molar-refractivity contribution < 1.29 is 19.0 Å². The molecular formula is C20H21N5O4. The number of nitriles is 1. The zero-order valence-electron chi connectivity index (χ0n) is 16.4. The molecule has 2 aromatic rings. The standard InChI is InChI=1S/C20H21N5O4/c1-4-28-20(26)17-12(2)29-19(22)15(8-21)18(17)13-5-6-16(27-3)14(7-13)9-25-11-23-10-24-25/h5-7,10-11,18H,4,9,22H2,1-3H3. The van der Waals surface area contributed by atoms with Crippen molar-refractivity contribution in [3.8, 4) is 11.8 Å². The van der Waals surface area contributed by atoms with Crippen LogP contribution in [-0.2, 0) is 20.8 Å². The number of aromatic nitrogens is 3. The molecule has 0 saturated carbocycles. The van der Waals surface area contributed by atoms with Gasteiger partial charge in [-0.3, -0.25) is 0 Å². The summed E-state index contributed by atoms with van der Waals surface area (Å²) >= 11 is 0. The van der Waals surface area contributed by atoms with Gasteiger partial charge in [-0.05, 0) is 31.5 Å². The summed E-state index contributed by atoms with van der Waals surface area (Å²) in [4.78, 5) is 16.6. The van der Waals surface area contributed by atoms with Gasteiger partial charge in [-0.25, -0.2) is 14.5 Å². The number of rotatable bonds is 6. The van der Waals surface area contributed by atoms with Crippen LogP contribution in [-0.4, -0.2) is 34.5 Å². The Balaban J connectivity index is 2.12. The van der Waals surface area contributed by atoms with Gasteiger partial charge >= 0.3 is 5.97 Å². The summed E-state index contributed by atoms with van der Waals surface area (Å²) in [6.45, 7) is 3.94. The van der Waals surface area contributed by atoms with Crippen molar-refractivity contribution in [1.29, 1.82) is 5.26 Å². The number of nitrogens with zero attached hydrogens (tertiary/aromatic N) is 4. The van der Waals surface area contributed by atoms with Crippen LogP contribution in [0.1, 0.15) is 30.9 Å². The number of methoxy groups -OCH3 is 1. The Kier molecular flexibility index (Phi) is 5.83. The van der Waals surface area contributed by atoms with Crippen LogP contribution in [0, 0.1) is 11.3 Å². The number of ether oxygens (including phenoxy) is 3. The molecule has 0 aliphatic carbocycles. The largest absolute Gasteiger partial charge is 0.496 e. The number of hydrogen-bond acceptors (Lipinski definition) is 8. The molecule has 0 saturated heterocycles. The first-order chi connectivity index (χ1) is 14.0. The van der Waals surface area contributed by atoms with Crippen LogP contribution in [0.3, 0.4) is 0 Å². The van der Waals surface area contributed by atoms with E-state index in [2.05, 4.69) is 16.2 Å². The third-order valence-electron chi connectivity index (χ3n) is 4.54. The predicted molar refractivity (Wildman–Crippen MR) is 102 cm³/mol. The Labute approximate surface area is 168 Å². The zero-order chi connectivity index (χ0) is 21.0. The second kappa shape index (κ2) is 8.48. The first-order valence-electron chi connectivity index (χ1n) is 8.94. The van der Waals surface area contributed by atoms with Crippen molar-refractivity contribution in [3.63, 3.8) is 0 Å². The van der Waals surface area contributed by atoms with E-state index in [4.69, 9.17) is 19.9 Å². The Hall–Kier alpha value is -3.80. The van der Waals surface area contributed by atoms with Gasteiger partial charge in [0, 0.05) is 5.56 Å². The molecule has 2 N–H and O–H groups in total. The van der Waals surface area contributed by atoms with Gasteiger partial charge in [-0.2, -0.15) is 10.4 Å². The molecule has 3 rings (SSSR count). The molecule has 0 radical (unpaired) electrons. The van der Waals surface area contributed by atoms with Gasteiger partial charge in [0.15, 0.2) is 0 Å². The highest BCUT2D eigenvalue weighted by atomic mass is 16.5. The van der Waals surface area contributed by atoms with Crippen molar-refractivity contribution in [2.45, 2.75) is 26.3 Å². The fraction of sp³-hybridized carbons (Fsp3) is 0.300. The number of esters is 1. The van der Waals surface area contributed by atoms with E-state index in [1.807, 2.05) is 6.07 Å². The highest BCUT2D eigenvalue weighted by molar-refractivity contribution is 5.92. The van der Waals surface area contributed by atoms with E-state index in [9.17, 15) is 10.1 Å². The molecule has 1 aromatic heterocycles. The van der Waals surface area contributed by atoms with Crippen molar-refractivity contribution in [3.05, 3.63) is 64.8 Å². The minimum Gasteiger partial charge on any atom is -0.496 e. The molecular weight excluding hydrogens is 374 g/mol. The number of carbonyl (C=O) groups is 1. The van der Waals surface area contributed by atoms with E-state index < -0.39 is 11.9 Å². The van der Waals surface area contributed by atoms with Gasteiger partial charge in [0.2, 0.25) is 5.88 Å². The maximum absolute atomic E-state index is 12.6. The van der Waals surface area contributed by atoms with Crippen LogP contribution in [0.5, 0.6) is 5.75 Å².